The zero-order valence-corrected chi connectivity index (χ0v) is 21.4. The number of fused-ring (bicyclic) bond motifs is 1. The van der Waals surface area contributed by atoms with Crippen molar-refractivity contribution in [2.24, 2.45) is 0 Å². The Balaban J connectivity index is 1.53. The minimum atomic E-state index is -4.85. The van der Waals surface area contributed by atoms with Gasteiger partial charge < -0.3 is 40.1 Å². The zero-order valence-electron chi connectivity index (χ0n) is 19.7. The van der Waals surface area contributed by atoms with Crippen LogP contribution in [0, 0.1) is 0 Å². The number of nitrogens with one attached hydrogen (secondary N) is 2. The number of hydrogen-bond donors (Lipinski definition) is 6. The summed E-state index contributed by atoms with van der Waals surface area (Å²) >= 11 is 6.24. The first-order valence-electron chi connectivity index (χ1n) is 11.5. The lowest BCUT2D eigenvalue weighted by atomic mass is 10.1. The Labute approximate surface area is 211 Å². The predicted octanol–water partition coefficient (Wildman–Crippen LogP) is 0.500. The number of pyridine rings is 1. The summed E-state index contributed by atoms with van der Waals surface area (Å²) in [4.78, 5) is 35.0. The molecule has 0 aromatic carbocycles. The van der Waals surface area contributed by atoms with Gasteiger partial charge in [0.15, 0.2) is 22.7 Å². The van der Waals surface area contributed by atoms with Gasteiger partial charge >= 0.3 is 7.60 Å². The number of carbonyl (C=O) groups excluding carboxylic acids is 1. The van der Waals surface area contributed by atoms with Gasteiger partial charge in [-0.15, -0.1) is 5.10 Å². The van der Waals surface area contributed by atoms with E-state index >= 15 is 0 Å². The van der Waals surface area contributed by atoms with Crippen molar-refractivity contribution in [2.75, 3.05) is 18.5 Å². The van der Waals surface area contributed by atoms with Crippen LogP contribution in [0.5, 0.6) is 0 Å². The summed E-state index contributed by atoms with van der Waals surface area (Å²) in [6, 6.07) is 1.92. The van der Waals surface area contributed by atoms with Crippen molar-refractivity contribution in [2.45, 2.75) is 75.5 Å². The van der Waals surface area contributed by atoms with Crippen molar-refractivity contribution >= 4 is 42.0 Å². The number of ether oxygens (including phenoxy) is 2. The molecule has 1 saturated carbocycles. The molecule has 6 N–H and O–H groups in total. The average Bonchev–Trinajstić information content (AvgIpc) is 3.51. The van der Waals surface area contributed by atoms with E-state index in [9.17, 15) is 29.4 Å². The number of halogens is 1. The molecule has 2 fully saturated rings. The molecule has 1 aliphatic carbocycles. The van der Waals surface area contributed by atoms with Crippen molar-refractivity contribution in [3.63, 3.8) is 0 Å². The first kappa shape index (κ1) is 27.1. The number of nitrogens with zero attached hydrogens (tertiary/aromatic N) is 4. The molecule has 2 aromatic rings. The van der Waals surface area contributed by atoms with Gasteiger partial charge in [0.1, 0.15) is 23.5 Å². The number of anilines is 1. The lowest BCUT2D eigenvalue weighted by Gasteiger charge is -2.31. The Bertz CT molecular complexity index is 1160. The lowest BCUT2D eigenvalue weighted by molar-refractivity contribution is -0.121. The second-order valence-electron chi connectivity index (χ2n) is 9.31. The fourth-order valence-electron chi connectivity index (χ4n) is 4.32. The number of hydrogen-bond acceptors (Lipinski definition) is 10. The molecule has 1 aliphatic heterocycles. The molecule has 200 valence electrons. The molecule has 36 heavy (non-hydrogen) atoms. The summed E-state index contributed by atoms with van der Waals surface area (Å²) < 4.78 is 24.4. The number of carbonyl (C=O) groups is 1. The maximum Gasteiger partial charge on any atom is 0.358 e. The van der Waals surface area contributed by atoms with E-state index in [2.05, 4.69) is 25.9 Å². The quantitative estimate of drug-likeness (QED) is 0.187. The molecular formula is C20H30ClN6O8P. The van der Waals surface area contributed by atoms with Crippen LogP contribution in [0.25, 0.3) is 11.2 Å². The highest BCUT2D eigenvalue weighted by Crippen LogP contribution is 2.51. The van der Waals surface area contributed by atoms with E-state index in [1.807, 2.05) is 0 Å². The van der Waals surface area contributed by atoms with Crippen LogP contribution < -0.4 is 10.6 Å². The van der Waals surface area contributed by atoms with Gasteiger partial charge in [-0.25, -0.2) is 4.98 Å². The molecule has 16 heteroatoms. The van der Waals surface area contributed by atoms with Crippen molar-refractivity contribution in [1.82, 2.24) is 25.3 Å². The number of amides is 1. The van der Waals surface area contributed by atoms with Crippen LogP contribution in [0.1, 0.15) is 45.8 Å². The molecule has 5 atom stereocenters. The third kappa shape index (κ3) is 5.50. The third-order valence-electron chi connectivity index (χ3n) is 6.53. The van der Waals surface area contributed by atoms with Crippen molar-refractivity contribution in [3.05, 3.63) is 11.2 Å². The summed E-state index contributed by atoms with van der Waals surface area (Å²) in [5.41, 5.74) is 1.29. The van der Waals surface area contributed by atoms with Crippen LogP contribution in [-0.4, -0.2) is 88.7 Å². The molecule has 1 saturated heterocycles. The normalized spacial score (nSPS) is 26.9. The van der Waals surface area contributed by atoms with Crippen LogP contribution >= 0.6 is 19.2 Å². The van der Waals surface area contributed by atoms with E-state index in [0.29, 0.717) is 11.2 Å². The summed E-state index contributed by atoms with van der Waals surface area (Å²) in [6.45, 7) is 1.36. The van der Waals surface area contributed by atoms with E-state index in [0.717, 1.165) is 32.6 Å². The summed E-state index contributed by atoms with van der Waals surface area (Å²) in [6.07, 6.45) is -1.07. The molecule has 0 spiro atoms. The van der Waals surface area contributed by atoms with Crippen molar-refractivity contribution in [3.8, 4) is 0 Å². The second kappa shape index (κ2) is 10.5. The molecule has 4 rings (SSSR count). The van der Waals surface area contributed by atoms with Gasteiger partial charge in [0.25, 0.3) is 0 Å². The van der Waals surface area contributed by atoms with Gasteiger partial charge in [-0.2, -0.15) is 4.68 Å². The van der Waals surface area contributed by atoms with E-state index in [4.69, 9.17) is 21.1 Å². The Hall–Kier alpha value is -1.90. The molecule has 1 amide bonds. The summed E-state index contributed by atoms with van der Waals surface area (Å²) in [5, 5.41) is 33.3. The summed E-state index contributed by atoms with van der Waals surface area (Å²) in [7, 11) is -4.85. The molecule has 0 bridgehead atoms. The molecular weight excluding hydrogens is 519 g/mol. The number of aliphatic hydroxyl groups excluding tert-OH is 2. The van der Waals surface area contributed by atoms with Crippen molar-refractivity contribution < 1.29 is 38.8 Å². The van der Waals surface area contributed by atoms with Gasteiger partial charge in [-0.05, 0) is 19.8 Å². The standard InChI is InChI=1S/C20H30ClN6O8P/c1-10(28)22-9-20(2,36(31,32)33)34-8-13-16(29)17(30)19(35-13)27-18-15(25-26-27)12(7-14(21)24-18)23-11-5-3-4-6-11/h7,11,13,16-17,19,29-30H,3-6,8-9H2,1-2H3,(H,22,28)(H,23,24)(H2,31,32,33)/t13-,16-,17-,19-,20-/m1/s1. The minimum absolute atomic E-state index is 0.176. The van der Waals surface area contributed by atoms with Gasteiger partial charge in [0, 0.05) is 19.0 Å². The van der Waals surface area contributed by atoms with Crippen molar-refractivity contribution in [1.29, 1.82) is 0 Å². The second-order valence-corrected chi connectivity index (χ2v) is 11.7. The molecule has 2 aromatic heterocycles. The number of aliphatic hydroxyl groups is 2. The maximum atomic E-state index is 12.0. The first-order chi connectivity index (χ1) is 16.9. The molecule has 2 aliphatic rings. The van der Waals surface area contributed by atoms with E-state index in [-0.39, 0.29) is 16.8 Å². The van der Waals surface area contributed by atoms with Crippen LogP contribution in [0.2, 0.25) is 5.15 Å². The molecule has 3 heterocycles. The Kier molecular flexibility index (Phi) is 7.89. The number of aromatic nitrogens is 4. The monoisotopic (exact) mass is 548 g/mol. The Morgan fingerprint density at radius 1 is 1.33 bits per heavy atom. The van der Waals surface area contributed by atoms with Crippen LogP contribution in [-0.2, 0) is 18.8 Å². The van der Waals surface area contributed by atoms with Crippen LogP contribution in [0.15, 0.2) is 6.07 Å². The first-order valence-corrected chi connectivity index (χ1v) is 13.5. The molecule has 0 radical (unpaired) electrons. The predicted molar refractivity (Wildman–Crippen MR) is 127 cm³/mol. The highest BCUT2D eigenvalue weighted by atomic mass is 35.5. The minimum Gasteiger partial charge on any atom is -0.387 e. The smallest absolute Gasteiger partial charge is 0.358 e. The number of rotatable bonds is 9. The zero-order chi connectivity index (χ0) is 26.3. The topological polar surface area (TPSA) is 201 Å². The largest absolute Gasteiger partial charge is 0.387 e. The summed E-state index contributed by atoms with van der Waals surface area (Å²) in [5.74, 6) is -0.503. The van der Waals surface area contributed by atoms with E-state index < -0.39 is 56.5 Å². The van der Waals surface area contributed by atoms with Gasteiger partial charge in [-0.1, -0.05) is 29.7 Å². The highest BCUT2D eigenvalue weighted by molar-refractivity contribution is 7.53. The van der Waals surface area contributed by atoms with Gasteiger partial charge in [-0.3, -0.25) is 9.36 Å². The van der Waals surface area contributed by atoms with Gasteiger partial charge in [0.2, 0.25) is 5.91 Å². The molecule has 0 unspecified atom stereocenters. The van der Waals surface area contributed by atoms with E-state index in [1.165, 1.54) is 11.6 Å². The maximum absolute atomic E-state index is 12.0. The Morgan fingerprint density at radius 3 is 2.67 bits per heavy atom. The van der Waals surface area contributed by atoms with E-state index in [1.54, 1.807) is 6.07 Å². The fourth-order valence-corrected chi connectivity index (χ4v) is 5.03. The van der Waals surface area contributed by atoms with Crippen LogP contribution in [0.4, 0.5) is 5.69 Å². The average molecular weight is 549 g/mol. The SMILES string of the molecule is CC(=O)NC[C@](C)(OC[C@H]1O[C@@H](n2nnc3c(NC4CCCC4)cc(Cl)nc32)[C@H](O)[C@@H]1O)P(=O)(O)O. The lowest BCUT2D eigenvalue weighted by Crippen LogP contribution is -2.44. The van der Waals surface area contributed by atoms with Crippen LogP contribution in [0.3, 0.4) is 0 Å². The fraction of sp³-hybridized carbons (Fsp3) is 0.700. The molecule has 14 nitrogen and oxygen atoms in total. The third-order valence-corrected chi connectivity index (χ3v) is 8.25. The highest BCUT2D eigenvalue weighted by Gasteiger charge is 2.49. The Morgan fingerprint density at radius 2 is 2.03 bits per heavy atom. The van der Waals surface area contributed by atoms with Gasteiger partial charge in [0.05, 0.1) is 18.8 Å².